The molecule has 3 nitrogen and oxygen atoms in total. The second kappa shape index (κ2) is 5.91. The third-order valence-corrected chi connectivity index (χ3v) is 2.47. The van der Waals surface area contributed by atoms with Crippen molar-refractivity contribution >= 4 is 6.29 Å². The van der Waals surface area contributed by atoms with E-state index in [9.17, 15) is 9.18 Å². The van der Waals surface area contributed by atoms with Gasteiger partial charge in [-0.3, -0.25) is 9.78 Å². The number of rotatable bonds is 5. The molecule has 0 amide bonds. The molecule has 18 heavy (non-hydrogen) atoms. The maximum atomic E-state index is 13.3. The number of carbonyl (C=O) groups is 1. The molecule has 2 rings (SSSR count). The highest BCUT2D eigenvalue weighted by molar-refractivity contribution is 5.79. The zero-order valence-corrected chi connectivity index (χ0v) is 9.67. The Morgan fingerprint density at radius 3 is 2.83 bits per heavy atom. The lowest BCUT2D eigenvalue weighted by Crippen LogP contribution is -2.05. The van der Waals surface area contributed by atoms with E-state index in [2.05, 4.69) is 4.98 Å². The Morgan fingerprint density at radius 2 is 2.11 bits per heavy atom. The molecule has 1 aromatic carbocycles. The van der Waals surface area contributed by atoms with Crippen molar-refractivity contribution < 1.29 is 13.9 Å². The molecule has 1 aromatic heterocycles. The molecule has 0 fully saturated rings. The average Bonchev–Trinajstić information content (AvgIpc) is 2.40. The summed E-state index contributed by atoms with van der Waals surface area (Å²) in [6, 6.07) is 9.93. The first-order chi connectivity index (χ1) is 8.81. The minimum absolute atomic E-state index is 0.0430. The fourth-order valence-corrected chi connectivity index (χ4v) is 1.57. The molecule has 0 bridgehead atoms. The van der Waals surface area contributed by atoms with E-state index in [0.717, 1.165) is 5.69 Å². The molecule has 0 saturated heterocycles. The predicted octanol–water partition coefficient (Wildman–Crippen LogP) is 2.65. The van der Waals surface area contributed by atoms with Crippen molar-refractivity contribution in [2.24, 2.45) is 0 Å². The molecule has 0 unspecified atom stereocenters. The van der Waals surface area contributed by atoms with Gasteiger partial charge in [-0.25, -0.2) is 4.39 Å². The van der Waals surface area contributed by atoms with E-state index in [4.69, 9.17) is 4.74 Å². The summed E-state index contributed by atoms with van der Waals surface area (Å²) in [6.07, 6.45) is 2.77. The maximum Gasteiger partial charge on any atom is 0.156 e. The number of halogens is 1. The zero-order valence-electron chi connectivity index (χ0n) is 9.67. The van der Waals surface area contributed by atoms with Crippen LogP contribution in [0.3, 0.4) is 0 Å². The fourth-order valence-electron chi connectivity index (χ4n) is 1.57. The van der Waals surface area contributed by atoms with Crippen molar-refractivity contribution in [3.05, 3.63) is 59.7 Å². The van der Waals surface area contributed by atoms with E-state index >= 15 is 0 Å². The number of nitrogens with zero attached hydrogens (tertiary/aromatic N) is 1. The van der Waals surface area contributed by atoms with Crippen LogP contribution in [0.15, 0.2) is 42.6 Å². The average molecular weight is 245 g/mol. The summed E-state index contributed by atoms with van der Waals surface area (Å²) in [4.78, 5) is 14.9. The van der Waals surface area contributed by atoms with Crippen LogP contribution in [-0.2, 0) is 6.42 Å². The van der Waals surface area contributed by atoms with E-state index in [1.54, 1.807) is 12.3 Å². The summed E-state index contributed by atoms with van der Waals surface area (Å²) in [5, 5.41) is 0. The Balaban J connectivity index is 1.99. The van der Waals surface area contributed by atoms with Crippen LogP contribution >= 0.6 is 0 Å². The third kappa shape index (κ3) is 2.91. The summed E-state index contributed by atoms with van der Waals surface area (Å²) < 4.78 is 18.7. The first-order valence-corrected chi connectivity index (χ1v) is 5.57. The zero-order chi connectivity index (χ0) is 12.8. The topological polar surface area (TPSA) is 39.2 Å². The van der Waals surface area contributed by atoms with E-state index in [1.807, 2.05) is 18.2 Å². The highest BCUT2D eigenvalue weighted by Gasteiger charge is 2.08. The monoisotopic (exact) mass is 245 g/mol. The van der Waals surface area contributed by atoms with E-state index in [-0.39, 0.29) is 11.3 Å². The van der Waals surface area contributed by atoms with Gasteiger partial charge >= 0.3 is 0 Å². The summed E-state index contributed by atoms with van der Waals surface area (Å²) >= 11 is 0. The smallest absolute Gasteiger partial charge is 0.156 e. The Hall–Kier alpha value is -2.23. The van der Waals surface area contributed by atoms with Gasteiger partial charge < -0.3 is 4.74 Å². The normalized spacial score (nSPS) is 10.1. The number of aromatic nitrogens is 1. The van der Waals surface area contributed by atoms with E-state index in [0.29, 0.717) is 19.3 Å². The third-order valence-electron chi connectivity index (χ3n) is 2.47. The van der Waals surface area contributed by atoms with Crippen LogP contribution in [0, 0.1) is 5.82 Å². The lowest BCUT2D eigenvalue weighted by Gasteiger charge is -2.08. The summed E-state index contributed by atoms with van der Waals surface area (Å²) in [7, 11) is 0. The molecular weight excluding hydrogens is 233 g/mol. The van der Waals surface area contributed by atoms with Crippen molar-refractivity contribution in [2.45, 2.75) is 6.42 Å². The molecule has 0 N–H and O–H groups in total. The molecule has 4 heteroatoms. The molecule has 92 valence electrons. The Morgan fingerprint density at radius 1 is 1.22 bits per heavy atom. The van der Waals surface area contributed by atoms with Gasteiger partial charge in [0.05, 0.1) is 12.2 Å². The molecule has 0 aliphatic rings. The van der Waals surface area contributed by atoms with Crippen LogP contribution < -0.4 is 4.74 Å². The second-order valence-corrected chi connectivity index (χ2v) is 3.69. The number of ether oxygens (including phenoxy) is 1. The van der Waals surface area contributed by atoms with Gasteiger partial charge in [-0.15, -0.1) is 0 Å². The van der Waals surface area contributed by atoms with Gasteiger partial charge in [0.1, 0.15) is 11.6 Å². The van der Waals surface area contributed by atoms with Gasteiger partial charge in [-0.2, -0.15) is 0 Å². The lowest BCUT2D eigenvalue weighted by atomic mass is 10.2. The molecular formula is C14H12FNO2. The highest BCUT2D eigenvalue weighted by atomic mass is 19.1. The number of benzene rings is 1. The standard InChI is InChI=1S/C14H12FNO2/c15-13-5-3-6-14(12(13)10-17)18-9-7-11-4-1-2-8-16-11/h1-6,8,10H,7,9H2. The number of hydrogen-bond acceptors (Lipinski definition) is 3. The summed E-state index contributed by atoms with van der Waals surface area (Å²) in [5.74, 6) is -0.304. The SMILES string of the molecule is O=Cc1c(F)cccc1OCCc1ccccn1. The molecule has 1 heterocycles. The van der Waals surface area contributed by atoms with Crippen LogP contribution in [0.2, 0.25) is 0 Å². The maximum absolute atomic E-state index is 13.3. The van der Waals surface area contributed by atoms with Gasteiger partial charge in [0.25, 0.3) is 0 Å². The van der Waals surface area contributed by atoms with Crippen LogP contribution in [-0.4, -0.2) is 17.9 Å². The number of hydrogen-bond donors (Lipinski definition) is 0. The van der Waals surface area contributed by atoms with E-state index in [1.165, 1.54) is 12.1 Å². The van der Waals surface area contributed by atoms with Gasteiger partial charge in [0.15, 0.2) is 6.29 Å². The summed E-state index contributed by atoms with van der Waals surface area (Å²) in [6.45, 7) is 0.349. The van der Waals surface area contributed by atoms with Crippen LogP contribution in [0.4, 0.5) is 4.39 Å². The molecule has 0 aliphatic carbocycles. The number of aldehydes is 1. The molecule has 0 spiro atoms. The molecule has 0 radical (unpaired) electrons. The number of pyridine rings is 1. The van der Waals surface area contributed by atoms with Crippen molar-refractivity contribution in [3.63, 3.8) is 0 Å². The molecule has 0 atom stereocenters. The minimum atomic E-state index is -0.569. The Kier molecular flexibility index (Phi) is 4.02. The first kappa shape index (κ1) is 12.2. The minimum Gasteiger partial charge on any atom is -0.492 e. The molecule has 2 aromatic rings. The van der Waals surface area contributed by atoms with Crippen molar-refractivity contribution in [1.82, 2.24) is 4.98 Å². The van der Waals surface area contributed by atoms with Crippen molar-refractivity contribution in [2.75, 3.05) is 6.61 Å². The quantitative estimate of drug-likeness (QED) is 0.760. The molecule has 0 saturated carbocycles. The number of carbonyl (C=O) groups excluding carboxylic acids is 1. The second-order valence-electron chi connectivity index (χ2n) is 3.69. The molecule has 0 aliphatic heterocycles. The summed E-state index contributed by atoms with van der Waals surface area (Å²) in [5.41, 5.74) is 0.847. The van der Waals surface area contributed by atoms with Gasteiger partial charge in [0.2, 0.25) is 0 Å². The predicted molar refractivity (Wildman–Crippen MR) is 65.2 cm³/mol. The van der Waals surface area contributed by atoms with Crippen LogP contribution in [0.5, 0.6) is 5.75 Å². The van der Waals surface area contributed by atoms with Crippen LogP contribution in [0.25, 0.3) is 0 Å². The van der Waals surface area contributed by atoms with Gasteiger partial charge in [-0.1, -0.05) is 12.1 Å². The highest BCUT2D eigenvalue weighted by Crippen LogP contribution is 2.19. The van der Waals surface area contributed by atoms with Gasteiger partial charge in [-0.05, 0) is 24.3 Å². The van der Waals surface area contributed by atoms with Crippen molar-refractivity contribution in [1.29, 1.82) is 0 Å². The Bertz CT molecular complexity index is 529. The fraction of sp³-hybridized carbons (Fsp3) is 0.143. The van der Waals surface area contributed by atoms with Crippen LogP contribution in [0.1, 0.15) is 16.1 Å². The van der Waals surface area contributed by atoms with E-state index < -0.39 is 5.82 Å². The first-order valence-electron chi connectivity index (χ1n) is 5.57. The van der Waals surface area contributed by atoms with Gasteiger partial charge in [0, 0.05) is 18.3 Å². The lowest BCUT2D eigenvalue weighted by molar-refractivity contribution is 0.111. The largest absolute Gasteiger partial charge is 0.492 e. The Labute approximate surface area is 104 Å². The van der Waals surface area contributed by atoms with Crippen molar-refractivity contribution in [3.8, 4) is 5.75 Å².